The number of fused-ring (bicyclic) bond motifs is 1. The van der Waals surface area contributed by atoms with E-state index in [4.69, 9.17) is 16.7 Å². The van der Waals surface area contributed by atoms with Crippen LogP contribution in [-0.4, -0.2) is 29.5 Å². The van der Waals surface area contributed by atoms with Crippen molar-refractivity contribution in [2.45, 2.75) is 36.3 Å². The van der Waals surface area contributed by atoms with Crippen molar-refractivity contribution < 1.29 is 14.7 Å². The van der Waals surface area contributed by atoms with Gasteiger partial charge in [-0.05, 0) is 53.3 Å². The summed E-state index contributed by atoms with van der Waals surface area (Å²) in [6, 6.07) is 7.87. The summed E-state index contributed by atoms with van der Waals surface area (Å²) in [4.78, 5) is 29.1. The number of Topliss-reactive ketones (excluding diaryl/α,β-unsaturated/α-hetero) is 2. The van der Waals surface area contributed by atoms with Crippen LogP contribution in [0.3, 0.4) is 0 Å². The molecule has 1 aromatic carbocycles. The summed E-state index contributed by atoms with van der Waals surface area (Å²) in [5.74, 6) is 1.55. The number of rotatable bonds is 5. The molecule has 2 aromatic rings. The molecule has 0 fully saturated rings. The third-order valence-corrected chi connectivity index (χ3v) is 8.42. The molecule has 0 unspecified atom stereocenters. The predicted molar refractivity (Wildman–Crippen MR) is 120 cm³/mol. The number of aliphatic hydroxyl groups is 1. The minimum Gasteiger partial charge on any atom is -0.400 e. The maximum Gasteiger partial charge on any atom is 0.198 e. The highest BCUT2D eigenvalue weighted by Gasteiger charge is 2.30. The molecule has 28 heavy (non-hydrogen) atoms. The second kappa shape index (κ2) is 10.1. The molecule has 2 heterocycles. The van der Waals surface area contributed by atoms with Gasteiger partial charge in [0.2, 0.25) is 0 Å². The topological polar surface area (TPSA) is 54.4 Å². The van der Waals surface area contributed by atoms with Gasteiger partial charge in [-0.3, -0.25) is 9.59 Å². The normalized spacial score (nSPS) is 15.9. The number of halogens is 1. The van der Waals surface area contributed by atoms with Gasteiger partial charge in [-0.2, -0.15) is 0 Å². The van der Waals surface area contributed by atoms with Crippen molar-refractivity contribution in [1.82, 2.24) is 0 Å². The number of hydrogen-bond acceptors (Lipinski definition) is 6. The summed E-state index contributed by atoms with van der Waals surface area (Å²) in [5, 5.41) is 9.58. The number of allylic oxidation sites excluding steroid dienone is 2. The van der Waals surface area contributed by atoms with Crippen molar-refractivity contribution >= 4 is 58.0 Å². The zero-order valence-corrected chi connectivity index (χ0v) is 18.7. The van der Waals surface area contributed by atoms with Crippen LogP contribution in [0, 0.1) is 0 Å². The van der Waals surface area contributed by atoms with E-state index in [0.717, 1.165) is 53.2 Å². The van der Waals surface area contributed by atoms with Crippen LogP contribution in [0.4, 0.5) is 0 Å². The summed E-state index contributed by atoms with van der Waals surface area (Å²) >= 11 is 11.6. The van der Waals surface area contributed by atoms with Crippen LogP contribution in [0.2, 0.25) is 5.02 Å². The quantitative estimate of drug-likeness (QED) is 0.460. The highest BCUT2D eigenvalue weighted by Crippen LogP contribution is 2.40. The Kier molecular flexibility index (Phi) is 7.83. The molecule has 1 N–H and O–H groups in total. The Bertz CT molecular complexity index is 904. The van der Waals surface area contributed by atoms with Gasteiger partial charge in [0, 0.05) is 40.4 Å². The van der Waals surface area contributed by atoms with E-state index in [0.29, 0.717) is 22.6 Å². The molecule has 0 radical (unpaired) electrons. The maximum atomic E-state index is 13.2. The first-order valence-electron chi connectivity index (χ1n) is 9.00. The average Bonchev–Trinajstić information content (AvgIpc) is 3.40. The first kappa shape index (κ1) is 21.7. The largest absolute Gasteiger partial charge is 0.400 e. The average molecular weight is 453 g/mol. The second-order valence-electron chi connectivity index (χ2n) is 6.27. The molecule has 7 heteroatoms. The van der Waals surface area contributed by atoms with Crippen LogP contribution >= 0.6 is 46.5 Å². The molecule has 1 aromatic heterocycles. The minimum atomic E-state index is -0.201. The van der Waals surface area contributed by atoms with E-state index in [2.05, 4.69) is 6.07 Å². The molecule has 4 rings (SSSR count). The summed E-state index contributed by atoms with van der Waals surface area (Å²) < 4.78 is 0. The highest BCUT2D eigenvalue weighted by atomic mass is 35.5. The Morgan fingerprint density at radius 3 is 2.79 bits per heavy atom. The third kappa shape index (κ3) is 4.57. The molecule has 0 amide bonds. The lowest BCUT2D eigenvalue weighted by Gasteiger charge is -2.19. The fourth-order valence-electron chi connectivity index (χ4n) is 3.31. The maximum absolute atomic E-state index is 13.2. The smallest absolute Gasteiger partial charge is 0.198 e. The van der Waals surface area contributed by atoms with Gasteiger partial charge in [-0.25, -0.2) is 0 Å². The van der Waals surface area contributed by atoms with Crippen molar-refractivity contribution in [2.24, 2.45) is 0 Å². The van der Waals surface area contributed by atoms with Crippen molar-refractivity contribution in [3.05, 3.63) is 61.2 Å². The zero-order valence-electron chi connectivity index (χ0n) is 15.5. The molecular weight excluding hydrogens is 432 g/mol. The van der Waals surface area contributed by atoms with Gasteiger partial charge in [0.25, 0.3) is 0 Å². The summed E-state index contributed by atoms with van der Waals surface area (Å²) in [7, 11) is 1.00. The third-order valence-electron chi connectivity index (χ3n) is 4.62. The van der Waals surface area contributed by atoms with Gasteiger partial charge in [-0.15, -0.1) is 34.9 Å². The molecule has 0 atom stereocenters. The van der Waals surface area contributed by atoms with Gasteiger partial charge < -0.3 is 5.11 Å². The minimum absolute atomic E-state index is 0.0409. The van der Waals surface area contributed by atoms with Crippen LogP contribution < -0.4 is 0 Å². The van der Waals surface area contributed by atoms with Crippen molar-refractivity contribution in [1.29, 1.82) is 0 Å². The Balaban J connectivity index is 0.00000109. The second-order valence-corrected chi connectivity index (χ2v) is 9.89. The van der Waals surface area contributed by atoms with Crippen LogP contribution in [0.1, 0.15) is 40.1 Å². The van der Waals surface area contributed by atoms with Crippen molar-refractivity contribution in [2.75, 3.05) is 12.9 Å². The molecule has 0 saturated carbocycles. The fraction of sp³-hybridized carbons (Fsp3) is 0.333. The van der Waals surface area contributed by atoms with Crippen LogP contribution in [0.5, 0.6) is 0 Å². The van der Waals surface area contributed by atoms with E-state index in [1.807, 2.05) is 17.5 Å². The first-order valence-corrected chi connectivity index (χ1v) is 12.2. The van der Waals surface area contributed by atoms with E-state index in [1.54, 1.807) is 40.9 Å². The molecule has 0 bridgehead atoms. The number of benzene rings is 1. The first-order chi connectivity index (χ1) is 13.6. The molecule has 0 spiro atoms. The van der Waals surface area contributed by atoms with Gasteiger partial charge in [0.1, 0.15) is 0 Å². The van der Waals surface area contributed by atoms with Crippen molar-refractivity contribution in [3.63, 3.8) is 0 Å². The SMILES string of the molecule is CO.O=C1CCCC(SCc2cccs2)=C1C(=O)c1ccc2c(c1Cl)CCS2. The van der Waals surface area contributed by atoms with Crippen LogP contribution in [-0.2, 0) is 17.0 Å². The lowest BCUT2D eigenvalue weighted by Crippen LogP contribution is -2.19. The van der Waals surface area contributed by atoms with Gasteiger partial charge in [-0.1, -0.05) is 17.7 Å². The standard InChI is InChI=1S/C20H17ClO2S3.CH4O/c21-19-13-8-10-25-16(13)7-6-14(19)20(23)18-15(22)4-1-5-17(18)26-11-12-3-2-9-24-12;1-2/h2-3,6-7,9H,1,4-5,8,10-11H2;2H,1H3. The lowest BCUT2D eigenvalue weighted by atomic mass is 9.91. The molecule has 3 nitrogen and oxygen atoms in total. The van der Waals surface area contributed by atoms with Gasteiger partial charge >= 0.3 is 0 Å². The number of carbonyl (C=O) groups excluding carboxylic acids is 2. The molecule has 0 saturated heterocycles. The van der Waals surface area contributed by atoms with E-state index in [-0.39, 0.29) is 11.6 Å². The predicted octanol–water partition coefficient (Wildman–Crippen LogP) is 5.78. The zero-order chi connectivity index (χ0) is 20.1. The number of aliphatic hydroxyl groups excluding tert-OH is 1. The number of ketones is 2. The molecule has 2 aliphatic rings. The number of thiophene rings is 1. The van der Waals surface area contributed by atoms with Crippen LogP contribution in [0.15, 0.2) is 45.0 Å². The molecule has 1 aliphatic carbocycles. The number of hydrogen-bond donors (Lipinski definition) is 1. The molecule has 1 aliphatic heterocycles. The number of thioether (sulfide) groups is 2. The summed E-state index contributed by atoms with van der Waals surface area (Å²) in [6.07, 6.45) is 2.94. The van der Waals surface area contributed by atoms with Gasteiger partial charge in [0.05, 0.1) is 10.6 Å². The molecule has 148 valence electrons. The van der Waals surface area contributed by atoms with E-state index < -0.39 is 0 Å². The van der Waals surface area contributed by atoms with E-state index in [1.165, 1.54) is 4.88 Å². The van der Waals surface area contributed by atoms with Gasteiger partial charge in [0.15, 0.2) is 11.6 Å². The Morgan fingerprint density at radius 1 is 1.21 bits per heavy atom. The Labute approximate surface area is 182 Å². The number of carbonyl (C=O) groups is 2. The van der Waals surface area contributed by atoms with Crippen molar-refractivity contribution in [3.8, 4) is 0 Å². The summed E-state index contributed by atoms with van der Waals surface area (Å²) in [6.45, 7) is 0. The highest BCUT2D eigenvalue weighted by molar-refractivity contribution is 8.02. The monoisotopic (exact) mass is 452 g/mol. The fourth-order valence-corrected chi connectivity index (χ4v) is 6.77. The Morgan fingerprint density at radius 2 is 2.04 bits per heavy atom. The lowest BCUT2D eigenvalue weighted by molar-refractivity contribution is -0.115. The summed E-state index contributed by atoms with van der Waals surface area (Å²) in [5.41, 5.74) is 1.90. The molecular formula is C21H21ClO3S3. The van der Waals surface area contributed by atoms with E-state index >= 15 is 0 Å². The Hall–Kier alpha value is -1.05. The van der Waals surface area contributed by atoms with Crippen LogP contribution in [0.25, 0.3) is 0 Å². The van der Waals surface area contributed by atoms with E-state index in [9.17, 15) is 9.59 Å².